The van der Waals surface area contributed by atoms with Crippen LogP contribution in [0.25, 0.3) is 10.6 Å². The summed E-state index contributed by atoms with van der Waals surface area (Å²) < 4.78 is 4.90. The first-order valence-electron chi connectivity index (χ1n) is 9.81. The molecule has 4 rings (SSSR count). The number of thioether (sulfide) groups is 1. The molecule has 2 aliphatic heterocycles. The molecule has 2 aromatic rings. The van der Waals surface area contributed by atoms with Crippen molar-refractivity contribution in [2.24, 2.45) is 0 Å². The lowest BCUT2D eigenvalue weighted by Crippen LogP contribution is -2.70. The number of carbonyl (C=O) groups is 4. The summed E-state index contributed by atoms with van der Waals surface area (Å²) in [5.74, 6) is -2.40. The Hall–Kier alpha value is -3.38. The van der Waals surface area contributed by atoms with Crippen LogP contribution in [0.15, 0.2) is 40.9 Å². The van der Waals surface area contributed by atoms with Crippen LogP contribution in [0.3, 0.4) is 0 Å². The zero-order valence-electron chi connectivity index (χ0n) is 17.3. The first-order valence-corrected chi connectivity index (χ1v) is 11.7. The maximum absolute atomic E-state index is 12.7. The number of phenolic OH excluding ortho intramolecular Hbond substituents is 1. The van der Waals surface area contributed by atoms with Crippen LogP contribution in [-0.2, 0) is 30.3 Å². The van der Waals surface area contributed by atoms with E-state index in [1.54, 1.807) is 29.6 Å². The molecule has 0 radical (unpaired) electrons. The van der Waals surface area contributed by atoms with Gasteiger partial charge in [0.15, 0.2) is 0 Å². The second-order valence-corrected chi connectivity index (χ2v) is 9.33. The highest BCUT2D eigenvalue weighted by molar-refractivity contribution is 8.00. The molecule has 33 heavy (non-hydrogen) atoms. The smallest absolute Gasteiger partial charge is 0.352 e. The SMILES string of the molecule is CC(=O)OCC1=C(C(=O)O)N2C(=O)[C@@H](NC(=O)Cc3csc(-c4cccc(O)c4)n3)[C@H]2SC1. The van der Waals surface area contributed by atoms with E-state index < -0.39 is 35.2 Å². The average molecular weight is 490 g/mol. The molecule has 2 atom stereocenters. The van der Waals surface area contributed by atoms with Gasteiger partial charge in [-0.05, 0) is 12.1 Å². The normalized spacial score (nSPS) is 19.5. The van der Waals surface area contributed by atoms with Crippen LogP contribution >= 0.6 is 23.1 Å². The topological polar surface area (TPSA) is 146 Å². The number of rotatable bonds is 7. The number of hydrogen-bond donors (Lipinski definition) is 3. The van der Waals surface area contributed by atoms with Gasteiger partial charge in [0, 0.05) is 29.2 Å². The molecular weight excluding hydrogens is 470 g/mol. The van der Waals surface area contributed by atoms with Crippen LogP contribution in [-0.4, -0.2) is 67.6 Å². The van der Waals surface area contributed by atoms with Gasteiger partial charge in [-0.15, -0.1) is 23.1 Å². The Labute approximate surface area is 196 Å². The summed E-state index contributed by atoms with van der Waals surface area (Å²) in [6, 6.07) is 5.78. The van der Waals surface area contributed by atoms with E-state index in [9.17, 15) is 29.4 Å². The maximum atomic E-state index is 12.7. The first-order chi connectivity index (χ1) is 15.7. The summed E-state index contributed by atoms with van der Waals surface area (Å²) in [7, 11) is 0. The highest BCUT2D eigenvalue weighted by atomic mass is 32.2. The minimum atomic E-state index is -1.29. The quantitative estimate of drug-likeness (QED) is 0.387. The van der Waals surface area contributed by atoms with Crippen LogP contribution in [0.4, 0.5) is 0 Å². The van der Waals surface area contributed by atoms with E-state index >= 15 is 0 Å². The number of carboxylic acids is 1. The zero-order valence-corrected chi connectivity index (χ0v) is 18.9. The fourth-order valence-corrected chi connectivity index (χ4v) is 5.68. The van der Waals surface area contributed by atoms with Crippen molar-refractivity contribution < 1.29 is 34.1 Å². The lowest BCUT2D eigenvalue weighted by atomic mass is 10.0. The number of aliphatic carboxylic acids is 1. The van der Waals surface area contributed by atoms with Gasteiger partial charge in [-0.25, -0.2) is 9.78 Å². The molecule has 172 valence electrons. The molecule has 3 heterocycles. The summed E-state index contributed by atoms with van der Waals surface area (Å²) in [5, 5.41) is 23.7. The largest absolute Gasteiger partial charge is 0.508 e. The molecule has 10 nitrogen and oxygen atoms in total. The monoisotopic (exact) mass is 489 g/mol. The number of ether oxygens (including phenoxy) is 1. The summed E-state index contributed by atoms with van der Waals surface area (Å²) in [6.07, 6.45) is -0.0458. The lowest BCUT2D eigenvalue weighted by molar-refractivity contribution is -0.151. The lowest BCUT2D eigenvalue weighted by Gasteiger charge is -2.49. The van der Waals surface area contributed by atoms with Gasteiger partial charge in [0.2, 0.25) is 5.91 Å². The van der Waals surface area contributed by atoms with Crippen LogP contribution < -0.4 is 5.32 Å². The molecule has 2 amide bonds. The number of aromatic nitrogens is 1. The number of fused-ring (bicyclic) bond motifs is 1. The number of esters is 1. The molecule has 1 aromatic carbocycles. The molecule has 1 aromatic heterocycles. The average Bonchev–Trinajstić information content (AvgIpc) is 3.23. The number of aromatic hydroxyl groups is 1. The highest BCUT2D eigenvalue weighted by Crippen LogP contribution is 2.40. The number of nitrogens with zero attached hydrogens (tertiary/aromatic N) is 2. The second kappa shape index (κ2) is 9.24. The summed E-state index contributed by atoms with van der Waals surface area (Å²) >= 11 is 2.63. The standard InChI is InChI=1S/C21H19N3O7S2/c1-10(25)31-7-12-8-33-20-16(19(28)24(20)17(12)21(29)30)23-15(27)6-13-9-32-18(22-13)11-3-2-4-14(26)5-11/h2-5,9,16,20,26H,6-8H2,1H3,(H,23,27)(H,29,30)/t16-,20-/m1/s1. The second-order valence-electron chi connectivity index (χ2n) is 7.36. The zero-order chi connectivity index (χ0) is 23.7. The molecule has 1 fully saturated rings. The van der Waals surface area contributed by atoms with Crippen LogP contribution in [0.2, 0.25) is 0 Å². The van der Waals surface area contributed by atoms with Crippen molar-refractivity contribution in [3.8, 4) is 16.3 Å². The Morgan fingerprint density at radius 3 is 2.82 bits per heavy atom. The van der Waals surface area contributed by atoms with Gasteiger partial charge in [-0.3, -0.25) is 19.3 Å². The Morgan fingerprint density at radius 2 is 2.12 bits per heavy atom. The van der Waals surface area contributed by atoms with Crippen molar-refractivity contribution in [2.75, 3.05) is 12.4 Å². The Morgan fingerprint density at radius 1 is 1.33 bits per heavy atom. The van der Waals surface area contributed by atoms with Crippen LogP contribution in [0, 0.1) is 0 Å². The van der Waals surface area contributed by atoms with Crippen molar-refractivity contribution in [2.45, 2.75) is 24.8 Å². The van der Waals surface area contributed by atoms with Gasteiger partial charge in [-0.1, -0.05) is 12.1 Å². The van der Waals surface area contributed by atoms with Crippen molar-refractivity contribution in [3.63, 3.8) is 0 Å². The molecule has 0 aliphatic carbocycles. The van der Waals surface area contributed by atoms with Crippen molar-refractivity contribution >= 4 is 46.9 Å². The number of benzene rings is 1. The van der Waals surface area contributed by atoms with Crippen LogP contribution in [0.1, 0.15) is 12.6 Å². The summed E-state index contributed by atoms with van der Waals surface area (Å²) in [5.41, 5.74) is 1.38. The van der Waals surface area contributed by atoms with Crippen LogP contribution in [0.5, 0.6) is 5.75 Å². The van der Waals surface area contributed by atoms with E-state index in [0.29, 0.717) is 16.3 Å². The Balaban J connectivity index is 1.40. The van der Waals surface area contributed by atoms with Gasteiger partial charge in [0.05, 0.1) is 12.1 Å². The number of phenols is 1. The number of amides is 2. The molecule has 0 saturated carbocycles. The number of β-lactam (4-membered cyclic amide) rings is 1. The molecule has 0 spiro atoms. The Bertz CT molecular complexity index is 1180. The predicted octanol–water partition coefficient (Wildman–Crippen LogP) is 1.36. The van der Waals surface area contributed by atoms with Crippen molar-refractivity contribution in [1.82, 2.24) is 15.2 Å². The van der Waals surface area contributed by atoms with Crippen molar-refractivity contribution in [3.05, 3.63) is 46.6 Å². The van der Waals surface area contributed by atoms with Gasteiger partial charge in [0.1, 0.15) is 34.5 Å². The maximum Gasteiger partial charge on any atom is 0.352 e. The van der Waals surface area contributed by atoms with E-state index in [1.165, 1.54) is 30.0 Å². The number of carbonyl (C=O) groups excluding carboxylic acids is 3. The minimum Gasteiger partial charge on any atom is -0.508 e. The third-order valence-corrected chi connectivity index (χ3v) is 7.28. The molecule has 12 heteroatoms. The fraction of sp³-hybridized carbons (Fsp3) is 0.286. The van der Waals surface area contributed by atoms with Gasteiger partial charge in [0.25, 0.3) is 5.91 Å². The number of thiazole rings is 1. The summed E-state index contributed by atoms with van der Waals surface area (Å²) in [6.45, 7) is 1.01. The molecular formula is C21H19N3O7S2. The van der Waals surface area contributed by atoms with E-state index in [1.807, 2.05) is 0 Å². The molecule has 2 aliphatic rings. The number of hydrogen-bond acceptors (Lipinski definition) is 9. The molecule has 3 N–H and O–H groups in total. The van der Waals surface area contributed by atoms with Gasteiger partial charge < -0.3 is 20.3 Å². The highest BCUT2D eigenvalue weighted by Gasteiger charge is 2.54. The molecule has 0 unspecified atom stereocenters. The number of nitrogens with one attached hydrogen (secondary N) is 1. The summed E-state index contributed by atoms with van der Waals surface area (Å²) in [4.78, 5) is 53.5. The van der Waals surface area contributed by atoms with Crippen molar-refractivity contribution in [1.29, 1.82) is 0 Å². The molecule has 0 bridgehead atoms. The third kappa shape index (κ3) is 4.71. The number of carboxylic acid groups (broad SMARTS) is 1. The van der Waals surface area contributed by atoms with E-state index in [4.69, 9.17) is 4.74 Å². The molecule has 1 saturated heterocycles. The fourth-order valence-electron chi connectivity index (χ4n) is 3.53. The van der Waals surface area contributed by atoms with Gasteiger partial charge >= 0.3 is 11.9 Å². The van der Waals surface area contributed by atoms with Gasteiger partial charge in [-0.2, -0.15) is 0 Å². The first kappa shape index (κ1) is 22.8. The van der Waals surface area contributed by atoms with E-state index in [0.717, 1.165) is 10.5 Å². The predicted molar refractivity (Wildman–Crippen MR) is 119 cm³/mol. The minimum absolute atomic E-state index is 0.0458. The third-order valence-electron chi connectivity index (χ3n) is 5.00. The van der Waals surface area contributed by atoms with E-state index in [-0.39, 0.29) is 30.2 Å². The Kier molecular flexibility index (Phi) is 6.38. The van der Waals surface area contributed by atoms with E-state index in [2.05, 4.69) is 10.3 Å².